The van der Waals surface area contributed by atoms with Crippen LogP contribution in [-0.4, -0.2) is 16.8 Å². The molecule has 0 atom stereocenters. The maximum absolute atomic E-state index is 12.1. The number of nitrogens with one attached hydrogen (secondary N) is 1. The van der Waals surface area contributed by atoms with E-state index < -0.39 is 0 Å². The summed E-state index contributed by atoms with van der Waals surface area (Å²) in [5, 5.41) is 6.80. The van der Waals surface area contributed by atoms with Crippen LogP contribution in [0, 0.1) is 13.8 Å². The molecule has 0 spiro atoms. The van der Waals surface area contributed by atoms with Crippen molar-refractivity contribution in [3.05, 3.63) is 46.3 Å². The van der Waals surface area contributed by atoms with Crippen LogP contribution in [0.5, 0.6) is 0 Å². The highest BCUT2D eigenvalue weighted by atomic mass is 16.5. The van der Waals surface area contributed by atoms with Crippen molar-refractivity contribution < 1.29 is 14.1 Å². The first kappa shape index (κ1) is 15.5. The number of carbonyl (C=O) groups excluding carboxylic acids is 2. The lowest BCUT2D eigenvalue weighted by atomic mass is 9.90. The molecule has 3 rings (SSSR count). The number of nitrogens with zero attached hydrogens (tertiary/aromatic N) is 1. The number of anilines is 1. The normalized spacial score (nSPS) is 13.7. The molecule has 0 saturated heterocycles. The number of ketones is 1. The molecule has 1 aromatic heterocycles. The third-order valence-corrected chi connectivity index (χ3v) is 4.32. The van der Waals surface area contributed by atoms with Crippen LogP contribution in [0.2, 0.25) is 0 Å². The average molecular weight is 312 g/mol. The first-order valence-corrected chi connectivity index (χ1v) is 7.92. The van der Waals surface area contributed by atoms with E-state index in [-0.39, 0.29) is 11.7 Å². The van der Waals surface area contributed by atoms with Gasteiger partial charge in [0.05, 0.1) is 5.69 Å². The minimum Gasteiger partial charge on any atom is -0.361 e. The van der Waals surface area contributed by atoms with Crippen molar-refractivity contribution >= 4 is 17.4 Å². The highest BCUT2D eigenvalue weighted by Gasteiger charge is 2.17. The fourth-order valence-corrected chi connectivity index (χ4v) is 3.05. The molecule has 0 aliphatic heterocycles. The van der Waals surface area contributed by atoms with Gasteiger partial charge in [0.2, 0.25) is 5.91 Å². The maximum atomic E-state index is 12.1. The molecule has 0 radical (unpaired) electrons. The van der Waals surface area contributed by atoms with E-state index in [0.717, 1.165) is 46.7 Å². The number of fused-ring (bicyclic) bond motifs is 1. The van der Waals surface area contributed by atoms with E-state index in [1.165, 1.54) is 0 Å². The van der Waals surface area contributed by atoms with Crippen molar-refractivity contribution in [3.8, 4) is 0 Å². The second kappa shape index (κ2) is 6.36. The standard InChI is InChI=1S/C18H20N2O3/c1-11-15(12(2)23-20-11)8-9-18(22)19-14-6-7-16-13(10-14)4-3-5-17(16)21/h6-7,10H,3-5,8-9H2,1-2H3,(H,19,22). The number of Topliss-reactive ketones (excluding diaryl/α,β-unsaturated/α-hetero) is 1. The van der Waals surface area contributed by atoms with Gasteiger partial charge in [-0.25, -0.2) is 0 Å². The minimum absolute atomic E-state index is 0.0490. The molecule has 2 aromatic rings. The summed E-state index contributed by atoms with van der Waals surface area (Å²) in [6.45, 7) is 3.73. The first-order chi connectivity index (χ1) is 11.0. The molecule has 120 valence electrons. The van der Waals surface area contributed by atoms with E-state index >= 15 is 0 Å². The van der Waals surface area contributed by atoms with Gasteiger partial charge in [0, 0.05) is 29.7 Å². The summed E-state index contributed by atoms with van der Waals surface area (Å²) in [6.07, 6.45) is 3.38. The maximum Gasteiger partial charge on any atom is 0.224 e. The van der Waals surface area contributed by atoms with E-state index in [1.54, 1.807) is 6.07 Å². The Morgan fingerprint density at radius 3 is 2.87 bits per heavy atom. The average Bonchev–Trinajstić information content (AvgIpc) is 2.84. The summed E-state index contributed by atoms with van der Waals surface area (Å²) in [5.74, 6) is 0.914. The van der Waals surface area contributed by atoms with Gasteiger partial charge in [0.1, 0.15) is 5.76 Å². The van der Waals surface area contributed by atoms with E-state index in [9.17, 15) is 9.59 Å². The summed E-state index contributed by atoms with van der Waals surface area (Å²) in [6, 6.07) is 5.54. The van der Waals surface area contributed by atoms with Crippen molar-refractivity contribution in [2.45, 2.75) is 46.0 Å². The van der Waals surface area contributed by atoms with E-state index in [4.69, 9.17) is 4.52 Å². The molecule has 0 bridgehead atoms. The quantitative estimate of drug-likeness (QED) is 0.939. The van der Waals surface area contributed by atoms with Crippen LogP contribution in [0.4, 0.5) is 5.69 Å². The van der Waals surface area contributed by atoms with Gasteiger partial charge in [0.25, 0.3) is 0 Å². The van der Waals surface area contributed by atoms with Crippen LogP contribution in [0.25, 0.3) is 0 Å². The lowest BCUT2D eigenvalue weighted by molar-refractivity contribution is -0.116. The zero-order valence-corrected chi connectivity index (χ0v) is 13.4. The molecular formula is C18H20N2O3. The van der Waals surface area contributed by atoms with E-state index in [2.05, 4.69) is 10.5 Å². The van der Waals surface area contributed by atoms with Gasteiger partial charge in [-0.2, -0.15) is 0 Å². The molecule has 1 heterocycles. The second-order valence-electron chi connectivity index (χ2n) is 6.00. The van der Waals surface area contributed by atoms with Gasteiger partial charge in [-0.05, 0) is 56.9 Å². The van der Waals surface area contributed by atoms with E-state index in [0.29, 0.717) is 19.3 Å². The Hall–Kier alpha value is -2.43. The summed E-state index contributed by atoms with van der Waals surface area (Å²) in [4.78, 5) is 23.9. The molecule has 1 amide bonds. The third kappa shape index (κ3) is 3.33. The molecule has 1 N–H and O–H groups in total. The molecular weight excluding hydrogens is 292 g/mol. The fourth-order valence-electron chi connectivity index (χ4n) is 3.05. The third-order valence-electron chi connectivity index (χ3n) is 4.32. The monoisotopic (exact) mass is 312 g/mol. The van der Waals surface area contributed by atoms with Crippen LogP contribution in [0.15, 0.2) is 22.7 Å². The lowest BCUT2D eigenvalue weighted by Crippen LogP contribution is -2.15. The van der Waals surface area contributed by atoms with Crippen LogP contribution in [0.1, 0.15) is 52.2 Å². The van der Waals surface area contributed by atoms with Crippen molar-refractivity contribution in [1.82, 2.24) is 5.16 Å². The predicted octanol–water partition coefficient (Wildman–Crippen LogP) is 3.38. The SMILES string of the molecule is Cc1noc(C)c1CCC(=O)Nc1ccc2c(c1)CCCC2=O. The van der Waals surface area contributed by atoms with Crippen molar-refractivity contribution in [1.29, 1.82) is 0 Å². The largest absolute Gasteiger partial charge is 0.361 e. The van der Waals surface area contributed by atoms with Gasteiger partial charge in [-0.1, -0.05) is 5.16 Å². The topological polar surface area (TPSA) is 72.2 Å². The number of aromatic nitrogens is 1. The highest BCUT2D eigenvalue weighted by Crippen LogP contribution is 2.24. The molecule has 1 aliphatic rings. The zero-order valence-electron chi connectivity index (χ0n) is 13.4. The Morgan fingerprint density at radius 2 is 2.13 bits per heavy atom. The lowest BCUT2D eigenvalue weighted by Gasteiger charge is -2.16. The summed E-state index contributed by atoms with van der Waals surface area (Å²) in [7, 11) is 0. The van der Waals surface area contributed by atoms with Crippen LogP contribution >= 0.6 is 0 Å². The number of amides is 1. The highest BCUT2D eigenvalue weighted by molar-refractivity contribution is 5.99. The first-order valence-electron chi connectivity index (χ1n) is 7.92. The molecule has 1 aromatic carbocycles. The van der Waals surface area contributed by atoms with Gasteiger partial charge in [0.15, 0.2) is 5.78 Å². The Morgan fingerprint density at radius 1 is 1.30 bits per heavy atom. The molecule has 5 heteroatoms. The Balaban J connectivity index is 1.63. The summed E-state index contributed by atoms with van der Waals surface area (Å²) in [5.41, 5.74) is 4.41. The van der Waals surface area contributed by atoms with Crippen LogP contribution in [0.3, 0.4) is 0 Å². The van der Waals surface area contributed by atoms with Crippen molar-refractivity contribution in [2.75, 3.05) is 5.32 Å². The number of hydrogen-bond donors (Lipinski definition) is 1. The minimum atomic E-state index is -0.0490. The van der Waals surface area contributed by atoms with Crippen molar-refractivity contribution in [3.63, 3.8) is 0 Å². The molecule has 0 saturated carbocycles. The van der Waals surface area contributed by atoms with Gasteiger partial charge in [-0.15, -0.1) is 0 Å². The smallest absolute Gasteiger partial charge is 0.224 e. The number of benzene rings is 1. The van der Waals surface area contributed by atoms with Crippen LogP contribution in [-0.2, 0) is 17.6 Å². The molecule has 1 aliphatic carbocycles. The molecule has 23 heavy (non-hydrogen) atoms. The second-order valence-corrected chi connectivity index (χ2v) is 6.00. The zero-order chi connectivity index (χ0) is 16.4. The molecule has 5 nitrogen and oxygen atoms in total. The Labute approximate surface area is 135 Å². The number of aryl methyl sites for hydroxylation is 3. The van der Waals surface area contributed by atoms with Gasteiger partial charge in [-0.3, -0.25) is 9.59 Å². The summed E-state index contributed by atoms with van der Waals surface area (Å²) >= 11 is 0. The Kier molecular flexibility index (Phi) is 4.28. The number of hydrogen-bond acceptors (Lipinski definition) is 4. The molecule has 0 unspecified atom stereocenters. The van der Waals surface area contributed by atoms with Gasteiger partial charge < -0.3 is 9.84 Å². The predicted molar refractivity (Wildman–Crippen MR) is 86.6 cm³/mol. The molecule has 0 fully saturated rings. The number of carbonyl (C=O) groups is 2. The Bertz CT molecular complexity index is 742. The summed E-state index contributed by atoms with van der Waals surface area (Å²) < 4.78 is 5.10. The van der Waals surface area contributed by atoms with E-state index in [1.807, 2.05) is 26.0 Å². The number of rotatable bonds is 4. The van der Waals surface area contributed by atoms with Crippen LogP contribution < -0.4 is 5.32 Å². The fraction of sp³-hybridized carbons (Fsp3) is 0.389. The van der Waals surface area contributed by atoms with Crippen molar-refractivity contribution in [2.24, 2.45) is 0 Å². The van der Waals surface area contributed by atoms with Gasteiger partial charge >= 0.3 is 0 Å².